The first-order valence-electron chi connectivity index (χ1n) is 6.20. The zero-order valence-corrected chi connectivity index (χ0v) is 11.4. The van der Waals surface area contributed by atoms with E-state index in [2.05, 4.69) is 35.3 Å². The lowest BCUT2D eigenvalue weighted by molar-refractivity contribution is 0.565. The topological polar surface area (TPSA) is 29.4 Å². The Morgan fingerprint density at radius 3 is 2.40 bits per heavy atom. The number of benzene rings is 3. The van der Waals surface area contributed by atoms with Gasteiger partial charge in [-0.15, -0.1) is 0 Å². The van der Waals surface area contributed by atoms with Crippen LogP contribution in [0.2, 0.25) is 0 Å². The zero-order valence-electron chi connectivity index (χ0n) is 10.6. The van der Waals surface area contributed by atoms with Crippen molar-refractivity contribution in [1.82, 2.24) is 0 Å². The van der Waals surface area contributed by atoms with Crippen LogP contribution >= 0.6 is 11.8 Å². The van der Waals surface area contributed by atoms with Gasteiger partial charge in [-0.25, -0.2) is 4.79 Å². The third-order valence-electron chi connectivity index (χ3n) is 2.99. The number of hydrogen-bond acceptors (Lipinski definition) is 3. The summed E-state index contributed by atoms with van der Waals surface area (Å²) in [5.74, 6) is 0. The monoisotopic (exact) mass is 277 g/mol. The summed E-state index contributed by atoms with van der Waals surface area (Å²) in [6, 6.07) is 22.2. The average molecular weight is 277 g/mol. The summed E-state index contributed by atoms with van der Waals surface area (Å²) < 4.78 is 0. The van der Waals surface area contributed by atoms with Crippen molar-refractivity contribution in [3.8, 4) is 0 Å². The van der Waals surface area contributed by atoms with Gasteiger partial charge in [-0.05, 0) is 41.1 Å². The lowest BCUT2D eigenvalue weighted by atomic mass is 10.1. The predicted octanol–water partition coefficient (Wildman–Crippen LogP) is 4.96. The molecule has 20 heavy (non-hydrogen) atoms. The maximum atomic E-state index is 10.2. The Bertz CT molecular complexity index is 784. The minimum atomic E-state index is 0.627. The van der Waals surface area contributed by atoms with Gasteiger partial charge in [0.1, 0.15) is 0 Å². The third kappa shape index (κ3) is 2.64. The van der Waals surface area contributed by atoms with E-state index >= 15 is 0 Å². The summed E-state index contributed by atoms with van der Waals surface area (Å²) in [4.78, 5) is 16.1. The lowest BCUT2D eigenvalue weighted by Crippen LogP contribution is -1.77. The van der Waals surface area contributed by atoms with Crippen LogP contribution < -0.4 is 0 Å². The van der Waals surface area contributed by atoms with Crippen LogP contribution in [0.1, 0.15) is 0 Å². The second-order valence-corrected chi connectivity index (χ2v) is 5.39. The molecule has 0 radical (unpaired) electrons. The van der Waals surface area contributed by atoms with E-state index in [0.29, 0.717) is 5.69 Å². The van der Waals surface area contributed by atoms with Gasteiger partial charge >= 0.3 is 0 Å². The molecule has 0 fully saturated rings. The van der Waals surface area contributed by atoms with E-state index in [1.54, 1.807) is 17.8 Å². The van der Waals surface area contributed by atoms with E-state index in [9.17, 15) is 4.79 Å². The van der Waals surface area contributed by atoms with Crippen LogP contribution in [-0.4, -0.2) is 6.08 Å². The molecule has 0 aliphatic rings. The zero-order chi connectivity index (χ0) is 13.8. The van der Waals surface area contributed by atoms with Crippen molar-refractivity contribution < 1.29 is 4.79 Å². The van der Waals surface area contributed by atoms with Gasteiger partial charge in [0, 0.05) is 9.79 Å². The van der Waals surface area contributed by atoms with Gasteiger partial charge in [-0.3, -0.25) is 0 Å². The van der Waals surface area contributed by atoms with Gasteiger partial charge in [-0.2, -0.15) is 4.99 Å². The molecule has 0 heterocycles. The first kappa shape index (κ1) is 12.7. The molecule has 0 spiro atoms. The molecule has 3 heteroatoms. The molecule has 0 aromatic heterocycles. The molecule has 0 aliphatic heterocycles. The van der Waals surface area contributed by atoms with Gasteiger partial charge in [0.05, 0.1) is 5.69 Å². The van der Waals surface area contributed by atoms with E-state index in [1.807, 2.05) is 36.4 Å². The van der Waals surface area contributed by atoms with Crippen LogP contribution in [0.4, 0.5) is 5.69 Å². The first-order valence-corrected chi connectivity index (χ1v) is 7.02. The van der Waals surface area contributed by atoms with Crippen molar-refractivity contribution in [3.05, 3.63) is 66.7 Å². The van der Waals surface area contributed by atoms with Gasteiger partial charge in [0.2, 0.25) is 6.08 Å². The molecule has 3 rings (SSSR count). The minimum Gasteiger partial charge on any atom is -0.211 e. The normalized spacial score (nSPS) is 10.2. The Kier molecular flexibility index (Phi) is 3.64. The SMILES string of the molecule is O=C=Nc1ccc(Sc2cccc3ccccc23)cc1. The highest BCUT2D eigenvalue weighted by Crippen LogP contribution is 2.34. The number of isocyanates is 1. The molecule has 0 unspecified atom stereocenters. The van der Waals surface area contributed by atoms with Crippen LogP contribution in [0.15, 0.2) is 81.5 Å². The third-order valence-corrected chi connectivity index (χ3v) is 4.07. The Morgan fingerprint density at radius 2 is 1.60 bits per heavy atom. The molecule has 0 N–H and O–H groups in total. The summed E-state index contributed by atoms with van der Waals surface area (Å²) in [7, 11) is 0. The minimum absolute atomic E-state index is 0.627. The standard InChI is InChI=1S/C17H11NOS/c19-12-18-14-8-10-15(11-9-14)20-17-7-3-5-13-4-1-2-6-16(13)17/h1-11H. The Hall–Kier alpha value is -2.35. The molecule has 2 nitrogen and oxygen atoms in total. The summed E-state index contributed by atoms with van der Waals surface area (Å²) in [6.45, 7) is 0. The molecular formula is C17H11NOS. The van der Waals surface area contributed by atoms with E-state index in [-0.39, 0.29) is 0 Å². The van der Waals surface area contributed by atoms with Crippen molar-refractivity contribution in [2.75, 3.05) is 0 Å². The maximum Gasteiger partial charge on any atom is 0.240 e. The molecule has 0 saturated heterocycles. The van der Waals surface area contributed by atoms with Crippen LogP contribution in [0.5, 0.6) is 0 Å². The van der Waals surface area contributed by atoms with Gasteiger partial charge in [0.25, 0.3) is 0 Å². The number of rotatable bonds is 3. The van der Waals surface area contributed by atoms with Crippen LogP contribution in [0.25, 0.3) is 10.8 Å². The smallest absolute Gasteiger partial charge is 0.211 e. The van der Waals surface area contributed by atoms with E-state index in [1.165, 1.54) is 15.7 Å². The molecule has 96 valence electrons. The van der Waals surface area contributed by atoms with Gasteiger partial charge in [0.15, 0.2) is 0 Å². The fraction of sp³-hybridized carbons (Fsp3) is 0. The van der Waals surface area contributed by atoms with Crippen LogP contribution in [-0.2, 0) is 4.79 Å². The van der Waals surface area contributed by atoms with E-state index in [4.69, 9.17) is 0 Å². The predicted molar refractivity (Wildman–Crippen MR) is 82.3 cm³/mol. The van der Waals surface area contributed by atoms with E-state index < -0.39 is 0 Å². The number of carbonyl (C=O) groups excluding carboxylic acids is 1. The van der Waals surface area contributed by atoms with Crippen molar-refractivity contribution in [2.45, 2.75) is 9.79 Å². The number of fused-ring (bicyclic) bond motifs is 1. The van der Waals surface area contributed by atoms with Crippen molar-refractivity contribution in [2.24, 2.45) is 4.99 Å². The molecular weight excluding hydrogens is 266 g/mol. The molecule has 0 saturated carbocycles. The summed E-state index contributed by atoms with van der Waals surface area (Å²) in [5, 5.41) is 2.48. The highest BCUT2D eigenvalue weighted by atomic mass is 32.2. The summed E-state index contributed by atoms with van der Waals surface area (Å²) in [5.41, 5.74) is 0.627. The quantitative estimate of drug-likeness (QED) is 0.500. The number of nitrogens with zero attached hydrogens (tertiary/aromatic N) is 1. The number of aliphatic imine (C=N–C) groups is 1. The highest BCUT2D eigenvalue weighted by molar-refractivity contribution is 7.99. The van der Waals surface area contributed by atoms with Gasteiger partial charge in [-0.1, -0.05) is 48.2 Å². The first-order chi connectivity index (χ1) is 9.86. The maximum absolute atomic E-state index is 10.2. The highest BCUT2D eigenvalue weighted by Gasteiger charge is 2.02. The molecule has 0 bridgehead atoms. The van der Waals surface area contributed by atoms with E-state index in [0.717, 1.165) is 4.90 Å². The molecule has 0 aliphatic carbocycles. The average Bonchev–Trinajstić information content (AvgIpc) is 2.50. The summed E-state index contributed by atoms with van der Waals surface area (Å²) >= 11 is 1.70. The molecule has 3 aromatic carbocycles. The lowest BCUT2D eigenvalue weighted by Gasteiger charge is -2.06. The van der Waals surface area contributed by atoms with Crippen LogP contribution in [0, 0.1) is 0 Å². The second-order valence-electron chi connectivity index (χ2n) is 4.28. The van der Waals surface area contributed by atoms with Crippen molar-refractivity contribution >= 4 is 34.3 Å². The van der Waals surface area contributed by atoms with Crippen molar-refractivity contribution in [1.29, 1.82) is 0 Å². The Balaban J connectivity index is 1.95. The molecule has 0 atom stereocenters. The Morgan fingerprint density at radius 1 is 0.850 bits per heavy atom. The second kappa shape index (κ2) is 5.74. The fourth-order valence-corrected chi connectivity index (χ4v) is 3.02. The van der Waals surface area contributed by atoms with Gasteiger partial charge < -0.3 is 0 Å². The van der Waals surface area contributed by atoms with Crippen molar-refractivity contribution in [3.63, 3.8) is 0 Å². The largest absolute Gasteiger partial charge is 0.240 e. The Labute approximate surface area is 121 Å². The molecule has 0 amide bonds. The van der Waals surface area contributed by atoms with Crippen LogP contribution in [0.3, 0.4) is 0 Å². The number of hydrogen-bond donors (Lipinski definition) is 0. The summed E-state index contributed by atoms with van der Waals surface area (Å²) in [6.07, 6.45) is 1.55. The fourth-order valence-electron chi connectivity index (χ4n) is 2.05. The molecule has 3 aromatic rings.